The number of ether oxygens (including phenoxy) is 1. The Morgan fingerprint density at radius 1 is 1.00 bits per heavy atom. The van der Waals surface area contributed by atoms with E-state index in [-0.39, 0.29) is 22.3 Å². The van der Waals surface area contributed by atoms with Gasteiger partial charge in [-0.3, -0.25) is 0 Å². The summed E-state index contributed by atoms with van der Waals surface area (Å²) >= 11 is 6.92. The molecule has 0 unspecified atom stereocenters. The fourth-order valence-electron chi connectivity index (χ4n) is 2.69. The lowest BCUT2D eigenvalue weighted by atomic mass is 10.1. The van der Waals surface area contributed by atoms with Gasteiger partial charge in [0, 0.05) is 5.02 Å². The molecule has 0 aliphatic carbocycles. The van der Waals surface area contributed by atoms with E-state index in [0.717, 1.165) is 10.7 Å². The average molecular weight is 469 g/mol. The van der Waals surface area contributed by atoms with E-state index in [1.54, 1.807) is 31.4 Å². The Bertz CT molecular complexity index is 1190. The summed E-state index contributed by atoms with van der Waals surface area (Å²) in [6, 6.07) is 10.4. The molecule has 0 aliphatic heterocycles. The van der Waals surface area contributed by atoms with E-state index in [9.17, 15) is 13.2 Å². The van der Waals surface area contributed by atoms with Crippen molar-refractivity contribution in [3.8, 4) is 17.1 Å². The van der Waals surface area contributed by atoms with Crippen molar-refractivity contribution in [2.45, 2.75) is 17.1 Å². The zero-order valence-corrected chi connectivity index (χ0v) is 17.2. The maximum atomic E-state index is 13.5. The van der Waals surface area contributed by atoms with Gasteiger partial charge in [-0.2, -0.15) is 22.5 Å². The molecule has 2 aromatic carbocycles. The van der Waals surface area contributed by atoms with Gasteiger partial charge in [0.05, 0.1) is 29.8 Å². The molecule has 0 aliphatic rings. The van der Waals surface area contributed by atoms with E-state index < -0.39 is 11.7 Å². The van der Waals surface area contributed by atoms with Crippen molar-refractivity contribution in [2.24, 2.45) is 0 Å². The Labute approximate surface area is 182 Å². The lowest BCUT2D eigenvalue weighted by molar-refractivity contribution is -0.137. The minimum Gasteiger partial charge on any atom is -0.497 e. The monoisotopic (exact) mass is 468 g/mol. The fourth-order valence-corrected chi connectivity index (χ4v) is 3.66. The molecule has 2 aromatic heterocycles. The largest absolute Gasteiger partial charge is 0.497 e. The van der Waals surface area contributed by atoms with Crippen molar-refractivity contribution in [1.29, 1.82) is 0 Å². The summed E-state index contributed by atoms with van der Waals surface area (Å²) in [5, 5.41) is 23.0. The summed E-state index contributed by atoms with van der Waals surface area (Å²) in [6.07, 6.45) is -4.63. The number of hydrogen-bond acceptors (Lipinski definition) is 8. The summed E-state index contributed by atoms with van der Waals surface area (Å²) in [4.78, 5) is 0. The van der Waals surface area contributed by atoms with E-state index in [4.69, 9.17) is 16.3 Å². The number of hydrogen-bond donors (Lipinski definition) is 0. The highest BCUT2D eigenvalue weighted by molar-refractivity contribution is 7.98. The summed E-state index contributed by atoms with van der Waals surface area (Å²) < 4.78 is 48.1. The van der Waals surface area contributed by atoms with Crippen LogP contribution >= 0.6 is 23.4 Å². The molecule has 14 heteroatoms. The van der Waals surface area contributed by atoms with Crippen LogP contribution in [0.4, 0.5) is 13.2 Å². The van der Waals surface area contributed by atoms with Gasteiger partial charge >= 0.3 is 6.18 Å². The molecule has 4 rings (SSSR count). The van der Waals surface area contributed by atoms with Crippen LogP contribution in [0.25, 0.3) is 11.4 Å². The Morgan fingerprint density at radius 3 is 2.42 bits per heavy atom. The second-order valence-electron chi connectivity index (χ2n) is 6.03. The zero-order valence-electron chi connectivity index (χ0n) is 15.7. The summed E-state index contributed by atoms with van der Waals surface area (Å²) in [7, 11) is 1.56. The molecular formula is C17H12ClF3N8OS. The molecule has 0 bridgehead atoms. The molecule has 160 valence electrons. The Kier molecular flexibility index (Phi) is 5.78. The summed E-state index contributed by atoms with van der Waals surface area (Å²) in [6.45, 7) is 0. The topological polar surface area (TPSA) is 96.4 Å². The molecule has 2 heterocycles. The molecule has 0 saturated carbocycles. The zero-order chi connectivity index (χ0) is 22.0. The van der Waals surface area contributed by atoms with E-state index in [1.165, 1.54) is 28.6 Å². The maximum Gasteiger partial charge on any atom is 0.418 e. The second kappa shape index (κ2) is 8.51. The minimum absolute atomic E-state index is 0.0428. The second-order valence-corrected chi connectivity index (χ2v) is 7.41. The van der Waals surface area contributed by atoms with Crippen LogP contribution in [0.2, 0.25) is 5.02 Å². The molecule has 9 nitrogen and oxygen atoms in total. The van der Waals surface area contributed by atoms with Crippen molar-refractivity contribution >= 4 is 23.4 Å². The molecule has 0 saturated heterocycles. The first-order chi connectivity index (χ1) is 14.9. The fraction of sp³-hybridized carbons (Fsp3) is 0.176. The highest BCUT2D eigenvalue weighted by Crippen LogP contribution is 2.36. The predicted molar refractivity (Wildman–Crippen MR) is 104 cm³/mol. The molecule has 0 N–H and O–H groups in total. The highest BCUT2D eigenvalue weighted by Gasteiger charge is 2.35. The molecular weight excluding hydrogens is 457 g/mol. The van der Waals surface area contributed by atoms with E-state index in [0.29, 0.717) is 16.6 Å². The first-order valence-electron chi connectivity index (χ1n) is 8.57. The Hall–Kier alpha value is -3.19. The van der Waals surface area contributed by atoms with Crippen molar-refractivity contribution in [2.75, 3.05) is 7.11 Å². The molecule has 31 heavy (non-hydrogen) atoms. The average Bonchev–Trinajstić information content (AvgIpc) is 3.41. The standard InChI is InChI=1S/C17H12ClF3N8OS/c1-30-12-5-3-11(4-6-12)28-16(23-25-26-28)31-9-15-22-24-27-29(15)14-7-2-10(18)8-13(14)17(19,20)21/h2-8H,9H2,1H3. The van der Waals surface area contributed by atoms with Gasteiger partial charge in [-0.1, -0.05) is 23.4 Å². The number of alkyl halides is 3. The SMILES string of the molecule is COc1ccc(-n2nnnc2SCc2nnnn2-c2ccc(Cl)cc2C(F)(F)F)cc1. The van der Waals surface area contributed by atoms with Crippen LogP contribution in [0.1, 0.15) is 11.4 Å². The third-order valence-corrected chi connectivity index (χ3v) is 5.26. The van der Waals surface area contributed by atoms with Gasteiger partial charge in [-0.05, 0) is 63.3 Å². The molecule has 4 aromatic rings. The van der Waals surface area contributed by atoms with Crippen LogP contribution in [0, 0.1) is 0 Å². The van der Waals surface area contributed by atoms with Crippen LogP contribution in [0.5, 0.6) is 5.75 Å². The Morgan fingerprint density at radius 2 is 1.71 bits per heavy atom. The molecule has 0 radical (unpaired) electrons. The number of aromatic nitrogens is 8. The minimum atomic E-state index is -4.63. The molecule has 0 fully saturated rings. The highest BCUT2D eigenvalue weighted by atomic mass is 35.5. The first kappa shape index (κ1) is 21.1. The van der Waals surface area contributed by atoms with Crippen molar-refractivity contribution in [3.63, 3.8) is 0 Å². The third kappa shape index (κ3) is 4.46. The van der Waals surface area contributed by atoms with Gasteiger partial charge in [0.1, 0.15) is 5.75 Å². The number of methoxy groups -OCH3 is 1. The predicted octanol–water partition coefficient (Wildman–Crippen LogP) is 3.61. The number of tetrazole rings is 2. The van der Waals surface area contributed by atoms with Gasteiger partial charge in [-0.15, -0.1) is 10.2 Å². The Balaban J connectivity index is 1.60. The molecule has 0 amide bonds. The van der Waals surface area contributed by atoms with Gasteiger partial charge < -0.3 is 4.74 Å². The summed E-state index contributed by atoms with van der Waals surface area (Å²) in [5.74, 6) is 0.972. The summed E-state index contributed by atoms with van der Waals surface area (Å²) in [5.41, 5.74) is -0.487. The van der Waals surface area contributed by atoms with Crippen LogP contribution in [-0.2, 0) is 11.9 Å². The number of nitrogens with zero attached hydrogens (tertiary/aromatic N) is 8. The quantitative estimate of drug-likeness (QED) is 0.396. The van der Waals surface area contributed by atoms with E-state index in [1.807, 2.05) is 0 Å². The van der Waals surface area contributed by atoms with Crippen molar-refractivity contribution in [3.05, 3.63) is 58.9 Å². The van der Waals surface area contributed by atoms with E-state index in [2.05, 4.69) is 31.1 Å². The van der Waals surface area contributed by atoms with Crippen molar-refractivity contribution < 1.29 is 17.9 Å². The number of benzene rings is 2. The lowest BCUT2D eigenvalue weighted by Crippen LogP contribution is -2.13. The maximum absolute atomic E-state index is 13.5. The van der Waals surface area contributed by atoms with Gasteiger partial charge in [0.25, 0.3) is 0 Å². The normalized spacial score (nSPS) is 11.6. The van der Waals surface area contributed by atoms with Crippen LogP contribution < -0.4 is 4.74 Å². The number of thioether (sulfide) groups is 1. The number of halogens is 4. The van der Waals surface area contributed by atoms with Gasteiger partial charge in [0.2, 0.25) is 5.16 Å². The van der Waals surface area contributed by atoms with Crippen molar-refractivity contribution in [1.82, 2.24) is 40.4 Å². The first-order valence-corrected chi connectivity index (χ1v) is 9.93. The van der Waals surface area contributed by atoms with Gasteiger partial charge in [-0.25, -0.2) is 0 Å². The molecule has 0 spiro atoms. The van der Waals surface area contributed by atoms with Gasteiger partial charge in [0.15, 0.2) is 5.82 Å². The smallest absolute Gasteiger partial charge is 0.418 e. The lowest BCUT2D eigenvalue weighted by Gasteiger charge is -2.13. The van der Waals surface area contributed by atoms with E-state index >= 15 is 0 Å². The molecule has 0 atom stereocenters. The van der Waals surface area contributed by atoms with Crippen LogP contribution in [0.3, 0.4) is 0 Å². The number of rotatable bonds is 6. The third-order valence-electron chi connectivity index (χ3n) is 4.11. The van der Waals surface area contributed by atoms with Crippen LogP contribution in [0.15, 0.2) is 47.6 Å². The van der Waals surface area contributed by atoms with Crippen LogP contribution in [-0.4, -0.2) is 47.5 Å².